The topological polar surface area (TPSA) is 54.0 Å². The number of rotatable bonds is 26. The molecule has 0 aromatic carbocycles. The summed E-state index contributed by atoms with van der Waals surface area (Å²) in [5.74, 6) is 1.01. The van der Waals surface area contributed by atoms with Gasteiger partial charge in [-0.15, -0.1) is 0 Å². The van der Waals surface area contributed by atoms with Crippen molar-refractivity contribution in [1.29, 1.82) is 0 Å². The second-order valence-corrected chi connectivity index (χ2v) is 17.2. The lowest BCUT2D eigenvalue weighted by Gasteiger charge is -2.26. The largest absolute Gasteiger partial charge is 0.395 e. The van der Waals surface area contributed by atoms with Crippen LogP contribution in [0.5, 0.6) is 0 Å². The van der Waals surface area contributed by atoms with Crippen molar-refractivity contribution < 1.29 is 22.5 Å². The molecule has 2 atom stereocenters. The molecule has 0 saturated heterocycles. The average Bonchev–Trinajstić information content (AvgIpc) is 2.83. The highest BCUT2D eigenvalue weighted by Crippen LogP contribution is 2.26. The minimum absolute atomic E-state index is 0.241. The van der Waals surface area contributed by atoms with E-state index in [0.29, 0.717) is 5.78 Å². The van der Waals surface area contributed by atoms with E-state index in [0.717, 1.165) is 77.0 Å². The second kappa shape index (κ2) is 21.8. The monoisotopic (exact) mass is 546 g/mol. The van der Waals surface area contributed by atoms with Crippen LogP contribution in [0, 0.1) is 11.8 Å². The first-order chi connectivity index (χ1) is 17.2. The summed E-state index contributed by atoms with van der Waals surface area (Å²) in [5, 5.41) is 0. The van der Waals surface area contributed by atoms with E-state index in [-0.39, 0.29) is 11.8 Å². The van der Waals surface area contributed by atoms with Gasteiger partial charge in [0, 0.05) is 38.3 Å². The van der Waals surface area contributed by atoms with E-state index in [9.17, 15) is 4.79 Å². The molecule has 0 fully saturated rings. The van der Waals surface area contributed by atoms with Gasteiger partial charge in [0.2, 0.25) is 0 Å². The second-order valence-electron chi connectivity index (χ2n) is 10.5. The molecule has 36 heavy (non-hydrogen) atoms. The molecular weight excluding hydrogens is 484 g/mol. The van der Waals surface area contributed by atoms with Gasteiger partial charge in [0.05, 0.1) is 0 Å². The minimum Gasteiger partial charge on any atom is -0.395 e. The van der Waals surface area contributed by atoms with Gasteiger partial charge in [0.25, 0.3) is 0 Å². The normalized spacial score (nSPS) is 14.2. The zero-order chi connectivity index (χ0) is 27.3. The van der Waals surface area contributed by atoms with Gasteiger partial charge in [-0.05, 0) is 78.6 Å². The number of carbonyl (C=O) groups is 1. The molecule has 0 bridgehead atoms. The Balaban J connectivity index is 4.26. The van der Waals surface area contributed by atoms with Crippen molar-refractivity contribution in [1.82, 2.24) is 0 Å². The molecule has 0 saturated carbocycles. The Morgan fingerprint density at radius 3 is 1.11 bits per heavy atom. The summed E-state index contributed by atoms with van der Waals surface area (Å²) in [4.78, 5) is 13.2. The summed E-state index contributed by atoms with van der Waals surface area (Å²) in [6.07, 6.45) is 13.5. The van der Waals surface area contributed by atoms with Gasteiger partial charge < -0.3 is 17.7 Å². The molecule has 5 nitrogen and oxygen atoms in total. The lowest BCUT2D eigenvalue weighted by molar-refractivity contribution is -0.127. The van der Waals surface area contributed by atoms with Crippen LogP contribution in [0.2, 0.25) is 25.2 Å². The minimum atomic E-state index is -1.98. The lowest BCUT2D eigenvalue weighted by atomic mass is 9.83. The van der Waals surface area contributed by atoms with Crippen molar-refractivity contribution in [2.75, 3.05) is 26.4 Å². The van der Waals surface area contributed by atoms with Crippen molar-refractivity contribution in [3.8, 4) is 0 Å². The van der Waals surface area contributed by atoms with E-state index < -0.39 is 17.1 Å². The van der Waals surface area contributed by atoms with Crippen molar-refractivity contribution in [3.63, 3.8) is 0 Å². The molecule has 0 rings (SSSR count). The summed E-state index contributed by atoms with van der Waals surface area (Å²) >= 11 is 0. The molecule has 0 aliphatic heterocycles. The third kappa shape index (κ3) is 16.0. The lowest BCUT2D eigenvalue weighted by Crippen LogP contribution is -2.38. The zero-order valence-electron chi connectivity index (χ0n) is 25.4. The van der Waals surface area contributed by atoms with Gasteiger partial charge >= 0.3 is 17.1 Å². The fourth-order valence-corrected chi connectivity index (χ4v) is 10.4. The maximum absolute atomic E-state index is 13.2. The molecule has 7 heteroatoms. The number of Topliss-reactive ketones (excluding diaryl/α,β-unsaturated/α-hetero) is 1. The van der Waals surface area contributed by atoms with E-state index in [4.69, 9.17) is 17.7 Å². The Morgan fingerprint density at radius 1 is 0.528 bits per heavy atom. The van der Waals surface area contributed by atoms with Crippen molar-refractivity contribution in [3.05, 3.63) is 0 Å². The van der Waals surface area contributed by atoms with E-state index in [1.54, 1.807) is 0 Å². The van der Waals surface area contributed by atoms with Crippen molar-refractivity contribution >= 4 is 22.9 Å². The van der Waals surface area contributed by atoms with Crippen molar-refractivity contribution in [2.24, 2.45) is 11.8 Å². The Morgan fingerprint density at radius 2 is 0.833 bits per heavy atom. The molecule has 0 amide bonds. The van der Waals surface area contributed by atoms with E-state index in [2.05, 4.69) is 54.6 Å². The SMILES string of the molecule is CCO[Si](C)(CCCCCCC(CC)C(=O)C(CC)CCCCCC[Si](C)(OCC)OCC)OCC. The fourth-order valence-electron chi connectivity index (χ4n) is 5.40. The molecule has 0 aromatic heterocycles. The summed E-state index contributed by atoms with van der Waals surface area (Å²) in [6, 6.07) is 2.14. The Labute approximate surface area is 227 Å². The standard InChI is InChI=1S/C29H62O5Si2/c1-9-27(23-19-15-17-21-25-35(7,31-11-3)32-12-4)29(30)28(10-2)24-20-16-18-22-26-36(8,33-13-5)34-14-6/h27-28H,9-26H2,1-8H3. The molecule has 0 heterocycles. The quantitative estimate of drug-likeness (QED) is 0.0801. The molecule has 0 spiro atoms. The predicted molar refractivity (Wildman–Crippen MR) is 158 cm³/mol. The van der Waals surface area contributed by atoms with Crippen LogP contribution in [0.4, 0.5) is 0 Å². The number of hydrogen-bond donors (Lipinski definition) is 0. The molecule has 0 N–H and O–H groups in total. The highest BCUT2D eigenvalue weighted by molar-refractivity contribution is 6.66. The van der Waals surface area contributed by atoms with Gasteiger partial charge in [0.1, 0.15) is 5.78 Å². The van der Waals surface area contributed by atoms with Crippen LogP contribution in [0.3, 0.4) is 0 Å². The third-order valence-corrected chi connectivity index (χ3v) is 13.6. The number of ketones is 1. The van der Waals surface area contributed by atoms with E-state index in [1.165, 1.54) is 38.5 Å². The summed E-state index contributed by atoms with van der Waals surface area (Å²) in [5.41, 5.74) is 0. The first-order valence-electron chi connectivity index (χ1n) is 15.3. The summed E-state index contributed by atoms with van der Waals surface area (Å²) in [6.45, 7) is 19.9. The molecular formula is C29H62O5Si2. The Bertz CT molecular complexity index is 476. The van der Waals surface area contributed by atoms with Crippen LogP contribution in [0.1, 0.15) is 119 Å². The first-order valence-corrected chi connectivity index (χ1v) is 20.4. The van der Waals surface area contributed by atoms with Crippen LogP contribution in [-0.4, -0.2) is 49.3 Å². The zero-order valence-corrected chi connectivity index (χ0v) is 27.4. The highest BCUT2D eigenvalue weighted by Gasteiger charge is 2.31. The third-order valence-electron chi connectivity index (χ3n) is 7.46. The van der Waals surface area contributed by atoms with Crippen LogP contribution < -0.4 is 0 Å². The van der Waals surface area contributed by atoms with Crippen molar-refractivity contribution in [2.45, 2.75) is 144 Å². The molecule has 2 unspecified atom stereocenters. The number of carbonyl (C=O) groups excluding carboxylic acids is 1. The molecule has 0 radical (unpaired) electrons. The van der Waals surface area contributed by atoms with Crippen LogP contribution >= 0.6 is 0 Å². The summed E-state index contributed by atoms with van der Waals surface area (Å²) < 4.78 is 23.8. The smallest absolute Gasteiger partial charge is 0.334 e. The van der Waals surface area contributed by atoms with Gasteiger partial charge in [-0.2, -0.15) is 0 Å². The highest BCUT2D eigenvalue weighted by atomic mass is 28.4. The molecule has 0 aromatic rings. The molecule has 0 aliphatic rings. The van der Waals surface area contributed by atoms with E-state index in [1.807, 2.05) is 0 Å². The van der Waals surface area contributed by atoms with Gasteiger partial charge in [0.15, 0.2) is 0 Å². The van der Waals surface area contributed by atoms with Crippen LogP contribution in [0.25, 0.3) is 0 Å². The van der Waals surface area contributed by atoms with Gasteiger partial charge in [-0.25, -0.2) is 0 Å². The van der Waals surface area contributed by atoms with Crippen LogP contribution in [-0.2, 0) is 22.5 Å². The fraction of sp³-hybridized carbons (Fsp3) is 0.966. The predicted octanol–water partition coefficient (Wildman–Crippen LogP) is 8.80. The van der Waals surface area contributed by atoms with Crippen LogP contribution in [0.15, 0.2) is 0 Å². The molecule has 216 valence electrons. The Kier molecular flexibility index (Phi) is 21.8. The number of unbranched alkanes of at least 4 members (excludes halogenated alkanes) is 6. The maximum Gasteiger partial charge on any atom is 0.334 e. The molecule has 0 aliphatic carbocycles. The van der Waals surface area contributed by atoms with Gasteiger partial charge in [-0.1, -0.05) is 65.2 Å². The van der Waals surface area contributed by atoms with Gasteiger partial charge in [-0.3, -0.25) is 4.79 Å². The summed E-state index contributed by atoms with van der Waals surface area (Å²) in [7, 11) is -3.96. The first kappa shape index (κ1) is 35.9. The Hall–Kier alpha value is -0.0562. The number of hydrogen-bond acceptors (Lipinski definition) is 5. The van der Waals surface area contributed by atoms with E-state index >= 15 is 0 Å². The maximum atomic E-state index is 13.2. The average molecular weight is 547 g/mol.